The molecule has 2 N–H and O–H groups in total. The van der Waals surface area contributed by atoms with Crippen molar-refractivity contribution in [3.8, 4) is 0 Å². The van der Waals surface area contributed by atoms with Gasteiger partial charge in [0.2, 0.25) is 0 Å². The highest BCUT2D eigenvalue weighted by Crippen LogP contribution is 2.20. The lowest BCUT2D eigenvalue weighted by atomic mass is 9.99. The first kappa shape index (κ1) is 11.7. The molecule has 4 heteroatoms. The molecule has 0 saturated heterocycles. The van der Waals surface area contributed by atoms with Crippen molar-refractivity contribution < 1.29 is 4.79 Å². The van der Waals surface area contributed by atoms with Crippen LogP contribution >= 0.6 is 0 Å². The molecular weight excluding hydrogens is 238 g/mol. The number of hydrogen-bond donors (Lipinski definition) is 1. The molecule has 0 fully saturated rings. The molecule has 1 aliphatic rings. The third kappa shape index (κ3) is 2.29. The van der Waals surface area contributed by atoms with E-state index in [-0.39, 0.29) is 5.91 Å². The van der Waals surface area contributed by atoms with E-state index in [0.29, 0.717) is 12.2 Å². The predicted molar refractivity (Wildman–Crippen MR) is 73.5 cm³/mol. The van der Waals surface area contributed by atoms with Crippen LogP contribution in [0.25, 0.3) is 0 Å². The fourth-order valence-corrected chi connectivity index (χ4v) is 2.40. The number of nitrogen functional groups attached to an aromatic ring is 1. The Kier molecular flexibility index (Phi) is 2.91. The molecular formula is C15H15N3O. The molecule has 96 valence electrons. The Hall–Kier alpha value is -2.36. The number of carbonyl (C=O) groups excluding carboxylic acids is 1. The number of amides is 1. The number of hydrogen-bond acceptors (Lipinski definition) is 3. The number of pyridine rings is 1. The smallest absolute Gasteiger partial charge is 0.254 e. The summed E-state index contributed by atoms with van der Waals surface area (Å²) in [5, 5.41) is 0. The highest BCUT2D eigenvalue weighted by molar-refractivity contribution is 5.96. The first-order valence-corrected chi connectivity index (χ1v) is 6.31. The van der Waals surface area contributed by atoms with Gasteiger partial charge in [0.15, 0.2) is 0 Å². The predicted octanol–water partition coefficient (Wildman–Crippen LogP) is 1.86. The van der Waals surface area contributed by atoms with E-state index < -0.39 is 0 Å². The Bertz CT molecular complexity index is 624. The molecule has 0 spiro atoms. The molecule has 2 aromatic rings. The van der Waals surface area contributed by atoms with E-state index in [2.05, 4.69) is 4.98 Å². The van der Waals surface area contributed by atoms with Crippen molar-refractivity contribution in [3.05, 3.63) is 59.4 Å². The third-order valence-electron chi connectivity index (χ3n) is 3.38. The van der Waals surface area contributed by atoms with Crippen molar-refractivity contribution in [2.45, 2.75) is 13.0 Å². The van der Waals surface area contributed by atoms with E-state index in [9.17, 15) is 4.79 Å². The van der Waals surface area contributed by atoms with Gasteiger partial charge in [-0.3, -0.25) is 9.78 Å². The molecule has 1 aromatic carbocycles. The minimum atomic E-state index is 0.0751. The molecule has 3 rings (SSSR count). The summed E-state index contributed by atoms with van der Waals surface area (Å²) in [4.78, 5) is 18.4. The number of fused-ring (bicyclic) bond motifs is 1. The molecule has 1 aliphatic heterocycles. The van der Waals surface area contributed by atoms with Crippen molar-refractivity contribution in [2.75, 3.05) is 12.3 Å². The fourth-order valence-electron chi connectivity index (χ4n) is 2.40. The molecule has 0 bridgehead atoms. The third-order valence-corrected chi connectivity index (χ3v) is 3.38. The van der Waals surface area contributed by atoms with Crippen LogP contribution in [0.1, 0.15) is 21.6 Å². The van der Waals surface area contributed by atoms with Crippen LogP contribution < -0.4 is 5.73 Å². The molecule has 0 unspecified atom stereocenters. The summed E-state index contributed by atoms with van der Waals surface area (Å²) >= 11 is 0. The Morgan fingerprint density at radius 3 is 2.95 bits per heavy atom. The average Bonchev–Trinajstić information content (AvgIpc) is 2.42. The van der Waals surface area contributed by atoms with Crippen LogP contribution in [0.5, 0.6) is 0 Å². The number of nitrogens with two attached hydrogens (primary N) is 1. The van der Waals surface area contributed by atoms with Gasteiger partial charge in [-0.1, -0.05) is 18.2 Å². The number of benzene rings is 1. The first-order chi connectivity index (χ1) is 9.24. The van der Waals surface area contributed by atoms with Gasteiger partial charge in [-0.15, -0.1) is 0 Å². The van der Waals surface area contributed by atoms with Crippen LogP contribution in [0.3, 0.4) is 0 Å². The van der Waals surface area contributed by atoms with E-state index in [1.807, 2.05) is 35.2 Å². The van der Waals surface area contributed by atoms with Gasteiger partial charge in [0.05, 0.1) is 12.2 Å². The van der Waals surface area contributed by atoms with Gasteiger partial charge < -0.3 is 10.6 Å². The van der Waals surface area contributed by atoms with E-state index in [0.717, 1.165) is 29.8 Å². The molecule has 2 heterocycles. The van der Waals surface area contributed by atoms with Gasteiger partial charge in [0.25, 0.3) is 5.91 Å². The van der Waals surface area contributed by atoms with Gasteiger partial charge in [0.1, 0.15) is 0 Å². The molecule has 19 heavy (non-hydrogen) atoms. The molecule has 0 aliphatic carbocycles. The van der Waals surface area contributed by atoms with Crippen molar-refractivity contribution >= 4 is 11.6 Å². The van der Waals surface area contributed by atoms with Crippen LogP contribution in [-0.4, -0.2) is 22.3 Å². The van der Waals surface area contributed by atoms with Crippen LogP contribution in [0.15, 0.2) is 42.6 Å². The second kappa shape index (κ2) is 4.72. The SMILES string of the molecule is Nc1ccnc(CN2CCc3ccccc3C2=O)c1. The minimum Gasteiger partial charge on any atom is -0.399 e. The summed E-state index contributed by atoms with van der Waals surface area (Å²) < 4.78 is 0. The zero-order valence-electron chi connectivity index (χ0n) is 10.5. The highest BCUT2D eigenvalue weighted by atomic mass is 16.2. The molecule has 0 saturated carbocycles. The average molecular weight is 253 g/mol. The zero-order chi connectivity index (χ0) is 13.2. The number of carbonyl (C=O) groups is 1. The summed E-state index contributed by atoms with van der Waals surface area (Å²) in [5.41, 5.74) is 9.17. The van der Waals surface area contributed by atoms with E-state index >= 15 is 0 Å². The molecule has 1 aromatic heterocycles. The summed E-state index contributed by atoms with van der Waals surface area (Å²) in [7, 11) is 0. The van der Waals surface area contributed by atoms with Crippen molar-refractivity contribution in [1.82, 2.24) is 9.88 Å². The lowest BCUT2D eigenvalue weighted by molar-refractivity contribution is 0.0725. The standard InChI is InChI=1S/C15H15N3O/c16-12-5-7-17-13(9-12)10-18-8-6-11-3-1-2-4-14(11)15(18)19/h1-5,7,9H,6,8,10H2,(H2,16,17). The van der Waals surface area contributed by atoms with Gasteiger partial charge in [-0.2, -0.15) is 0 Å². The number of anilines is 1. The summed E-state index contributed by atoms with van der Waals surface area (Å²) in [6.45, 7) is 1.24. The zero-order valence-corrected chi connectivity index (χ0v) is 10.5. The minimum absolute atomic E-state index is 0.0751. The quantitative estimate of drug-likeness (QED) is 0.888. The fraction of sp³-hybridized carbons (Fsp3) is 0.200. The highest BCUT2D eigenvalue weighted by Gasteiger charge is 2.23. The maximum Gasteiger partial charge on any atom is 0.254 e. The van der Waals surface area contributed by atoms with Gasteiger partial charge in [-0.05, 0) is 30.2 Å². The number of aromatic nitrogens is 1. The Morgan fingerprint density at radius 1 is 1.26 bits per heavy atom. The second-order valence-electron chi connectivity index (χ2n) is 4.71. The second-order valence-corrected chi connectivity index (χ2v) is 4.71. The largest absolute Gasteiger partial charge is 0.399 e. The lowest BCUT2D eigenvalue weighted by Gasteiger charge is -2.28. The Labute approximate surface area is 111 Å². The first-order valence-electron chi connectivity index (χ1n) is 6.31. The number of nitrogens with zero attached hydrogens (tertiary/aromatic N) is 2. The van der Waals surface area contributed by atoms with Gasteiger partial charge in [0, 0.05) is 24.0 Å². The maximum absolute atomic E-state index is 12.4. The monoisotopic (exact) mass is 253 g/mol. The Balaban J connectivity index is 1.83. The lowest BCUT2D eigenvalue weighted by Crippen LogP contribution is -2.37. The van der Waals surface area contributed by atoms with Crippen molar-refractivity contribution in [2.24, 2.45) is 0 Å². The van der Waals surface area contributed by atoms with Crippen LogP contribution in [0.4, 0.5) is 5.69 Å². The summed E-state index contributed by atoms with van der Waals surface area (Å²) in [6.07, 6.45) is 2.57. The van der Waals surface area contributed by atoms with Crippen LogP contribution in [0, 0.1) is 0 Å². The van der Waals surface area contributed by atoms with Crippen molar-refractivity contribution in [3.63, 3.8) is 0 Å². The molecule has 0 radical (unpaired) electrons. The van der Waals surface area contributed by atoms with Gasteiger partial charge >= 0.3 is 0 Å². The maximum atomic E-state index is 12.4. The van der Waals surface area contributed by atoms with Crippen molar-refractivity contribution in [1.29, 1.82) is 0 Å². The molecule has 4 nitrogen and oxygen atoms in total. The Morgan fingerprint density at radius 2 is 2.11 bits per heavy atom. The normalized spacial score (nSPS) is 14.3. The van der Waals surface area contributed by atoms with E-state index in [1.54, 1.807) is 12.3 Å². The number of rotatable bonds is 2. The van der Waals surface area contributed by atoms with Crippen LogP contribution in [-0.2, 0) is 13.0 Å². The summed E-state index contributed by atoms with van der Waals surface area (Å²) in [6, 6.07) is 11.3. The summed E-state index contributed by atoms with van der Waals surface area (Å²) in [5.74, 6) is 0.0751. The molecule has 0 atom stereocenters. The molecule has 1 amide bonds. The van der Waals surface area contributed by atoms with Crippen LogP contribution in [0.2, 0.25) is 0 Å². The van der Waals surface area contributed by atoms with E-state index in [1.165, 1.54) is 0 Å². The van der Waals surface area contributed by atoms with E-state index in [4.69, 9.17) is 5.73 Å². The topological polar surface area (TPSA) is 59.2 Å². The van der Waals surface area contributed by atoms with Gasteiger partial charge in [-0.25, -0.2) is 0 Å².